The first-order chi connectivity index (χ1) is 9.00. The maximum atomic E-state index is 5.91. The molecule has 0 aromatic rings. The Hall–Kier alpha value is -0.120. The minimum absolute atomic E-state index is 0.0285. The second-order valence-electron chi connectivity index (χ2n) is 7.03. The van der Waals surface area contributed by atoms with Crippen LogP contribution in [0.25, 0.3) is 0 Å². The van der Waals surface area contributed by atoms with Crippen molar-refractivity contribution in [1.82, 2.24) is 10.2 Å². The summed E-state index contributed by atoms with van der Waals surface area (Å²) < 4.78 is 5.91. The predicted molar refractivity (Wildman–Crippen MR) is 80.6 cm³/mol. The van der Waals surface area contributed by atoms with Crippen LogP contribution in [0, 0.1) is 0 Å². The zero-order valence-electron chi connectivity index (χ0n) is 13.3. The van der Waals surface area contributed by atoms with E-state index in [-0.39, 0.29) is 5.60 Å². The molecular formula is C16H32N2O. The van der Waals surface area contributed by atoms with E-state index in [0.717, 1.165) is 19.7 Å². The van der Waals surface area contributed by atoms with Crippen molar-refractivity contribution in [2.24, 2.45) is 0 Å². The maximum Gasteiger partial charge on any atom is 0.0752 e. The molecule has 3 heteroatoms. The van der Waals surface area contributed by atoms with Gasteiger partial charge in [0.05, 0.1) is 5.60 Å². The van der Waals surface area contributed by atoms with E-state index in [4.69, 9.17) is 4.74 Å². The normalized spacial score (nSPS) is 28.1. The molecule has 0 amide bonds. The summed E-state index contributed by atoms with van der Waals surface area (Å²) in [5.41, 5.74) is 0.382. The molecule has 0 aromatic heterocycles. The van der Waals surface area contributed by atoms with Crippen LogP contribution in [0.1, 0.15) is 59.8 Å². The van der Waals surface area contributed by atoms with Crippen LogP contribution in [-0.2, 0) is 4.74 Å². The lowest BCUT2D eigenvalue weighted by Gasteiger charge is -2.48. The third-order valence-corrected chi connectivity index (χ3v) is 4.89. The molecule has 1 spiro atoms. The lowest BCUT2D eigenvalue weighted by Crippen LogP contribution is -2.64. The molecule has 3 nitrogen and oxygen atoms in total. The average molecular weight is 268 g/mol. The summed E-state index contributed by atoms with van der Waals surface area (Å²) in [6.45, 7) is 13.1. The number of rotatable bonds is 5. The molecule has 2 fully saturated rings. The first kappa shape index (κ1) is 15.3. The Morgan fingerprint density at radius 2 is 1.95 bits per heavy atom. The van der Waals surface area contributed by atoms with Gasteiger partial charge in [0.1, 0.15) is 0 Å². The summed E-state index contributed by atoms with van der Waals surface area (Å²) in [5.74, 6) is 0. The van der Waals surface area contributed by atoms with Crippen LogP contribution in [0.2, 0.25) is 0 Å². The molecule has 1 aliphatic heterocycles. The number of nitrogens with one attached hydrogen (secondary N) is 1. The van der Waals surface area contributed by atoms with Gasteiger partial charge in [0.2, 0.25) is 0 Å². The molecule has 1 aliphatic carbocycles. The summed E-state index contributed by atoms with van der Waals surface area (Å²) in [5, 5.41) is 3.86. The lowest BCUT2D eigenvalue weighted by atomic mass is 9.90. The molecule has 1 saturated heterocycles. The number of hydrogen-bond donors (Lipinski definition) is 1. The van der Waals surface area contributed by atoms with Gasteiger partial charge in [-0.3, -0.25) is 4.90 Å². The van der Waals surface area contributed by atoms with Crippen molar-refractivity contribution in [3.8, 4) is 0 Å². The second-order valence-corrected chi connectivity index (χ2v) is 7.03. The van der Waals surface area contributed by atoms with Gasteiger partial charge in [-0.2, -0.15) is 0 Å². The minimum atomic E-state index is -0.0285. The highest BCUT2D eigenvalue weighted by Gasteiger charge is 2.41. The summed E-state index contributed by atoms with van der Waals surface area (Å²) >= 11 is 0. The van der Waals surface area contributed by atoms with Gasteiger partial charge in [0, 0.05) is 37.8 Å². The molecule has 112 valence electrons. The van der Waals surface area contributed by atoms with Crippen LogP contribution >= 0.6 is 0 Å². The fourth-order valence-corrected chi connectivity index (χ4v) is 3.94. The van der Waals surface area contributed by atoms with E-state index in [1.807, 2.05) is 0 Å². The molecule has 1 saturated carbocycles. The summed E-state index contributed by atoms with van der Waals surface area (Å²) in [6.07, 6.45) is 6.73. The Bertz CT molecular complexity index is 284. The standard InChI is InChI=1S/C16H32N2O/c1-5-14-11-17-16(9-7-8-10-16)13-18(14)12-15(3,4)19-6-2/h14,17H,5-13H2,1-4H3. The van der Waals surface area contributed by atoms with Gasteiger partial charge in [0.25, 0.3) is 0 Å². The molecule has 1 heterocycles. The molecule has 19 heavy (non-hydrogen) atoms. The summed E-state index contributed by atoms with van der Waals surface area (Å²) in [6, 6.07) is 0.672. The van der Waals surface area contributed by atoms with Crippen LogP contribution < -0.4 is 5.32 Å². The Balaban J connectivity index is 2.01. The van der Waals surface area contributed by atoms with Crippen molar-refractivity contribution in [3.63, 3.8) is 0 Å². The number of hydrogen-bond acceptors (Lipinski definition) is 3. The zero-order chi connectivity index (χ0) is 13.9. The number of nitrogens with zero attached hydrogens (tertiary/aromatic N) is 1. The molecule has 0 radical (unpaired) electrons. The number of ether oxygens (including phenoxy) is 1. The second kappa shape index (κ2) is 6.11. The van der Waals surface area contributed by atoms with Crippen molar-refractivity contribution in [2.75, 3.05) is 26.2 Å². The molecule has 1 unspecified atom stereocenters. The van der Waals surface area contributed by atoms with Crippen LogP contribution in [-0.4, -0.2) is 48.3 Å². The first-order valence-electron chi connectivity index (χ1n) is 8.13. The summed E-state index contributed by atoms with van der Waals surface area (Å²) in [7, 11) is 0. The van der Waals surface area contributed by atoms with Gasteiger partial charge in [-0.1, -0.05) is 19.8 Å². The Morgan fingerprint density at radius 3 is 2.53 bits per heavy atom. The fourth-order valence-electron chi connectivity index (χ4n) is 3.94. The predicted octanol–water partition coefficient (Wildman–Crippen LogP) is 2.80. The van der Waals surface area contributed by atoms with E-state index < -0.39 is 0 Å². The molecule has 0 bridgehead atoms. The van der Waals surface area contributed by atoms with Gasteiger partial charge >= 0.3 is 0 Å². The van der Waals surface area contributed by atoms with E-state index >= 15 is 0 Å². The van der Waals surface area contributed by atoms with Crippen molar-refractivity contribution in [2.45, 2.75) is 77.0 Å². The van der Waals surface area contributed by atoms with Gasteiger partial charge in [0.15, 0.2) is 0 Å². The van der Waals surface area contributed by atoms with Crippen molar-refractivity contribution in [1.29, 1.82) is 0 Å². The topological polar surface area (TPSA) is 24.5 Å². The maximum absolute atomic E-state index is 5.91. The first-order valence-corrected chi connectivity index (χ1v) is 8.13. The van der Waals surface area contributed by atoms with Gasteiger partial charge in [-0.25, -0.2) is 0 Å². The SMILES string of the molecule is CCOC(C)(C)CN1CC2(CCCC2)NCC1CC. The largest absolute Gasteiger partial charge is 0.375 e. The monoisotopic (exact) mass is 268 g/mol. The third-order valence-electron chi connectivity index (χ3n) is 4.89. The van der Waals surface area contributed by atoms with E-state index in [0.29, 0.717) is 11.6 Å². The highest BCUT2D eigenvalue weighted by atomic mass is 16.5. The molecule has 1 N–H and O–H groups in total. The van der Waals surface area contributed by atoms with Crippen molar-refractivity contribution in [3.05, 3.63) is 0 Å². The molecular weight excluding hydrogens is 236 g/mol. The van der Waals surface area contributed by atoms with Gasteiger partial charge in [-0.05, 0) is 40.0 Å². The van der Waals surface area contributed by atoms with E-state index in [1.54, 1.807) is 0 Å². The molecule has 0 aromatic carbocycles. The highest BCUT2D eigenvalue weighted by Crippen LogP contribution is 2.34. The van der Waals surface area contributed by atoms with Crippen LogP contribution in [0.15, 0.2) is 0 Å². The van der Waals surface area contributed by atoms with Crippen LogP contribution in [0.3, 0.4) is 0 Å². The van der Waals surface area contributed by atoms with E-state index in [9.17, 15) is 0 Å². The van der Waals surface area contributed by atoms with E-state index in [1.165, 1.54) is 38.6 Å². The van der Waals surface area contributed by atoms with Gasteiger partial charge < -0.3 is 10.1 Å². The Kier molecular flexibility index (Phi) is 4.91. The van der Waals surface area contributed by atoms with Crippen molar-refractivity contribution >= 4 is 0 Å². The van der Waals surface area contributed by atoms with Crippen molar-refractivity contribution < 1.29 is 4.74 Å². The zero-order valence-corrected chi connectivity index (χ0v) is 13.3. The highest BCUT2D eigenvalue weighted by molar-refractivity contribution is 5.01. The van der Waals surface area contributed by atoms with Gasteiger partial charge in [-0.15, -0.1) is 0 Å². The quantitative estimate of drug-likeness (QED) is 0.830. The summed E-state index contributed by atoms with van der Waals surface area (Å²) in [4.78, 5) is 2.69. The molecule has 2 aliphatic rings. The Labute approximate surface area is 119 Å². The minimum Gasteiger partial charge on any atom is -0.375 e. The fraction of sp³-hybridized carbons (Fsp3) is 1.00. The molecule has 1 atom stereocenters. The lowest BCUT2D eigenvalue weighted by molar-refractivity contribution is -0.0560. The van der Waals surface area contributed by atoms with Crippen LogP contribution in [0.4, 0.5) is 0 Å². The van der Waals surface area contributed by atoms with Crippen LogP contribution in [0.5, 0.6) is 0 Å². The van der Waals surface area contributed by atoms with E-state index in [2.05, 4.69) is 37.9 Å². The average Bonchev–Trinajstić information content (AvgIpc) is 2.77. The molecule has 2 rings (SSSR count). The smallest absolute Gasteiger partial charge is 0.0752 e. The number of piperazine rings is 1. The third kappa shape index (κ3) is 3.71. The Morgan fingerprint density at radius 1 is 1.26 bits per heavy atom.